The molecule has 2 N–H and O–H groups in total. The number of hydrogen-bond acceptors (Lipinski definition) is 6. The number of rotatable bonds is 11. The van der Waals surface area contributed by atoms with Gasteiger partial charge in [0.1, 0.15) is 5.75 Å². The molecule has 2 atom stereocenters. The van der Waals surface area contributed by atoms with E-state index in [-0.39, 0.29) is 24.6 Å². The zero-order valence-corrected chi connectivity index (χ0v) is 20.0. The number of carboxylic acid groups (broad SMARTS) is 1. The molecule has 0 aromatic heterocycles. The van der Waals surface area contributed by atoms with Gasteiger partial charge in [-0.25, -0.2) is 9.79 Å². The molecule has 1 aliphatic heterocycles. The number of aliphatic carboxylic acids is 1. The van der Waals surface area contributed by atoms with Crippen LogP contribution < -0.4 is 4.74 Å². The maximum atomic E-state index is 12.8. The van der Waals surface area contributed by atoms with Crippen LogP contribution in [0.3, 0.4) is 0 Å². The van der Waals surface area contributed by atoms with E-state index < -0.39 is 17.6 Å². The first-order valence-electron chi connectivity index (χ1n) is 11.8. The average molecular weight is 499 g/mol. The summed E-state index contributed by atoms with van der Waals surface area (Å²) in [6.45, 7) is 0.416. The maximum absolute atomic E-state index is 12.8. The summed E-state index contributed by atoms with van der Waals surface area (Å²) < 4.78 is 11.8. The zero-order chi connectivity index (χ0) is 26.1. The van der Waals surface area contributed by atoms with E-state index in [9.17, 15) is 9.90 Å². The van der Waals surface area contributed by atoms with Crippen LogP contribution in [0, 0.1) is 0 Å². The van der Waals surface area contributed by atoms with Crippen LogP contribution in [0.25, 0.3) is 16.5 Å². The maximum Gasteiger partial charge on any atom is 0.336 e. The molecule has 0 spiro atoms. The lowest BCUT2D eigenvalue weighted by Gasteiger charge is -2.27. The number of aliphatic hydroxyl groups excluding tert-OH is 1. The number of ether oxygens (including phenoxy) is 2. The number of carbonyl (C=O) groups is 1. The number of carboxylic acids is 1. The van der Waals surface area contributed by atoms with Crippen molar-refractivity contribution in [2.24, 2.45) is 10.1 Å². The summed E-state index contributed by atoms with van der Waals surface area (Å²) in [4.78, 5) is 20.3. The highest BCUT2D eigenvalue weighted by atomic mass is 16.5. The van der Waals surface area contributed by atoms with Crippen LogP contribution in [0.1, 0.15) is 35.6 Å². The second-order valence-electron chi connectivity index (χ2n) is 8.36. The molecule has 1 aliphatic rings. The number of hydrogen-bond donors (Lipinski definition) is 2. The molecular formula is C28H26N4O5. The van der Waals surface area contributed by atoms with Crippen LogP contribution in [0.5, 0.6) is 5.75 Å². The minimum Gasteiger partial charge on any atom is -0.494 e. The SMILES string of the molecule is [N-]=[N+]=Nc1ccccc1[C@H]1OC(c2ccc(OCCCO)cc2)=N[C@@]1(C/C=C/c1ccccc1)C(=O)O. The van der Waals surface area contributed by atoms with Crippen molar-refractivity contribution in [3.8, 4) is 5.75 Å². The lowest BCUT2D eigenvalue weighted by molar-refractivity contribution is -0.146. The third-order valence-electron chi connectivity index (χ3n) is 5.92. The van der Waals surface area contributed by atoms with Crippen molar-refractivity contribution in [2.75, 3.05) is 13.2 Å². The Hall–Kier alpha value is -4.59. The van der Waals surface area contributed by atoms with Gasteiger partial charge in [-0.3, -0.25) is 0 Å². The van der Waals surface area contributed by atoms with E-state index in [0.717, 1.165) is 5.56 Å². The van der Waals surface area contributed by atoms with Crippen molar-refractivity contribution in [3.05, 3.63) is 112 Å². The molecule has 3 aromatic carbocycles. The van der Waals surface area contributed by atoms with Crippen LogP contribution in [-0.4, -0.2) is 40.8 Å². The minimum atomic E-state index is -1.70. The lowest BCUT2D eigenvalue weighted by atomic mass is 9.84. The molecule has 0 aliphatic carbocycles. The first-order chi connectivity index (χ1) is 18.1. The topological polar surface area (TPSA) is 137 Å². The minimum absolute atomic E-state index is 0.0391. The van der Waals surface area contributed by atoms with Gasteiger partial charge in [0, 0.05) is 41.2 Å². The van der Waals surface area contributed by atoms with E-state index in [4.69, 9.17) is 20.1 Å². The molecule has 4 rings (SSSR count). The van der Waals surface area contributed by atoms with Gasteiger partial charge in [0.05, 0.1) is 6.61 Å². The summed E-state index contributed by atoms with van der Waals surface area (Å²) in [6, 6.07) is 23.2. The third kappa shape index (κ3) is 5.81. The summed E-state index contributed by atoms with van der Waals surface area (Å²) in [5.41, 5.74) is 9.57. The highest BCUT2D eigenvalue weighted by Crippen LogP contribution is 2.45. The van der Waals surface area contributed by atoms with Crippen molar-refractivity contribution < 1.29 is 24.5 Å². The quantitative estimate of drug-likeness (QED) is 0.148. The number of nitrogens with zero attached hydrogens (tertiary/aromatic N) is 4. The zero-order valence-electron chi connectivity index (χ0n) is 20.0. The fraction of sp³-hybridized carbons (Fsp3) is 0.214. The van der Waals surface area contributed by atoms with Gasteiger partial charge in [0.25, 0.3) is 0 Å². The number of azide groups is 1. The van der Waals surface area contributed by atoms with Crippen LogP contribution in [-0.2, 0) is 9.53 Å². The molecular weight excluding hydrogens is 472 g/mol. The van der Waals surface area contributed by atoms with Crippen molar-refractivity contribution in [2.45, 2.75) is 24.5 Å². The Bertz CT molecular complexity index is 1330. The van der Waals surface area contributed by atoms with Crippen molar-refractivity contribution >= 4 is 23.6 Å². The molecule has 188 valence electrons. The fourth-order valence-electron chi connectivity index (χ4n) is 4.06. The van der Waals surface area contributed by atoms with E-state index in [1.54, 1.807) is 54.6 Å². The standard InChI is InChI=1S/C28H26N4O5/c29-32-31-24-12-5-4-11-23(24)25-28(27(34)35,17-6-10-20-8-2-1-3-9-20)30-26(37-25)21-13-15-22(16-14-21)36-19-7-18-33/h1-6,8-16,25,33H,7,17-19H2,(H,34,35)/b10-6+/t25-,28-/m1/s1. The van der Waals surface area contributed by atoms with E-state index in [1.807, 2.05) is 36.4 Å². The first-order valence-corrected chi connectivity index (χ1v) is 11.8. The molecule has 0 saturated heterocycles. The highest BCUT2D eigenvalue weighted by molar-refractivity contribution is 5.99. The molecule has 9 nitrogen and oxygen atoms in total. The second kappa shape index (κ2) is 11.9. The van der Waals surface area contributed by atoms with Crippen molar-refractivity contribution in [1.82, 2.24) is 0 Å². The molecule has 0 fully saturated rings. The predicted octanol–water partition coefficient (Wildman–Crippen LogP) is 5.83. The molecule has 0 saturated carbocycles. The Morgan fingerprint density at radius 3 is 2.54 bits per heavy atom. The normalized spacial score (nSPS) is 18.6. The Morgan fingerprint density at radius 2 is 1.84 bits per heavy atom. The van der Waals surface area contributed by atoms with Crippen molar-refractivity contribution in [1.29, 1.82) is 0 Å². The van der Waals surface area contributed by atoms with Gasteiger partial charge in [-0.1, -0.05) is 71.9 Å². The Kier molecular flexibility index (Phi) is 8.20. The van der Waals surface area contributed by atoms with Crippen molar-refractivity contribution in [3.63, 3.8) is 0 Å². The lowest BCUT2D eigenvalue weighted by Crippen LogP contribution is -2.40. The summed E-state index contributed by atoms with van der Waals surface area (Å²) in [5, 5.41) is 23.2. The summed E-state index contributed by atoms with van der Waals surface area (Å²) in [5.74, 6) is -0.389. The number of aliphatic imine (C=N–C) groups is 1. The summed E-state index contributed by atoms with van der Waals surface area (Å²) >= 11 is 0. The Morgan fingerprint density at radius 1 is 1.11 bits per heavy atom. The summed E-state index contributed by atoms with van der Waals surface area (Å²) in [6.07, 6.45) is 3.12. The molecule has 3 aromatic rings. The largest absolute Gasteiger partial charge is 0.494 e. The monoisotopic (exact) mass is 498 g/mol. The van der Waals surface area contributed by atoms with Gasteiger partial charge in [0.2, 0.25) is 11.4 Å². The predicted molar refractivity (Wildman–Crippen MR) is 140 cm³/mol. The van der Waals surface area contributed by atoms with Gasteiger partial charge in [-0.2, -0.15) is 0 Å². The van der Waals surface area contributed by atoms with Gasteiger partial charge in [0.15, 0.2) is 6.10 Å². The van der Waals surface area contributed by atoms with E-state index >= 15 is 0 Å². The highest BCUT2D eigenvalue weighted by Gasteiger charge is 2.53. The van der Waals surface area contributed by atoms with E-state index in [1.165, 1.54) is 0 Å². The van der Waals surface area contributed by atoms with Crippen LogP contribution in [0.2, 0.25) is 0 Å². The molecule has 1 heterocycles. The van der Waals surface area contributed by atoms with E-state index in [2.05, 4.69) is 15.0 Å². The van der Waals surface area contributed by atoms with E-state index in [0.29, 0.717) is 29.9 Å². The Balaban J connectivity index is 1.73. The number of aliphatic hydroxyl groups is 1. The smallest absolute Gasteiger partial charge is 0.336 e. The second-order valence-corrected chi connectivity index (χ2v) is 8.36. The first kappa shape index (κ1) is 25.5. The van der Waals surface area contributed by atoms with Gasteiger partial charge < -0.3 is 19.7 Å². The molecule has 37 heavy (non-hydrogen) atoms. The number of benzene rings is 3. The van der Waals surface area contributed by atoms with Gasteiger partial charge in [-0.05, 0) is 35.4 Å². The van der Waals surface area contributed by atoms with Crippen LogP contribution in [0.4, 0.5) is 5.69 Å². The summed E-state index contributed by atoms with van der Waals surface area (Å²) in [7, 11) is 0. The van der Waals surface area contributed by atoms with Gasteiger partial charge >= 0.3 is 5.97 Å². The molecule has 9 heteroatoms. The average Bonchev–Trinajstić information content (AvgIpc) is 3.31. The van der Waals surface area contributed by atoms with Gasteiger partial charge in [-0.15, -0.1) is 0 Å². The Labute approximate surface area is 214 Å². The molecule has 0 unspecified atom stereocenters. The molecule has 0 radical (unpaired) electrons. The van der Waals surface area contributed by atoms with Crippen LogP contribution >= 0.6 is 0 Å². The molecule has 0 amide bonds. The third-order valence-corrected chi connectivity index (χ3v) is 5.92. The van der Waals surface area contributed by atoms with Crippen LogP contribution in [0.15, 0.2) is 95.0 Å². The fourth-order valence-corrected chi connectivity index (χ4v) is 4.06. The molecule has 0 bridgehead atoms.